The fraction of sp³-hybridized carbons (Fsp3) is 0.700. The first-order chi connectivity index (χ1) is 8.32. The van der Waals surface area contributed by atoms with Gasteiger partial charge in [0.25, 0.3) is 0 Å². The molecule has 0 spiro atoms. The van der Waals surface area contributed by atoms with Crippen LogP contribution in [0.15, 0.2) is 0 Å². The van der Waals surface area contributed by atoms with E-state index in [-0.39, 0.29) is 13.1 Å². The number of hydrogen-bond donors (Lipinski definition) is 4. The Kier molecular flexibility index (Phi) is 4.49. The summed E-state index contributed by atoms with van der Waals surface area (Å²) in [4.78, 5) is 34.6. The second kappa shape index (κ2) is 5.67. The molecule has 8 heteroatoms. The van der Waals surface area contributed by atoms with Gasteiger partial charge in [-0.05, 0) is 13.3 Å². The number of rotatable bonds is 4. The minimum Gasteiger partial charge on any atom is -0.465 e. The number of primary amides is 1. The van der Waals surface area contributed by atoms with Crippen molar-refractivity contribution >= 4 is 17.9 Å². The zero-order chi connectivity index (χ0) is 13.9. The standard InChI is InChI=1S/C10H17N3O5/c1-5(14)7(8(11)15)12-9(16)6-2-3-13(4-6)10(17)18/h5-7,14H,2-4H2,1H3,(H2,11,15)(H,12,16)(H,17,18)/t5-,6-,7+/m1/s1. The molecule has 1 aliphatic heterocycles. The number of nitrogens with zero attached hydrogens (tertiary/aromatic N) is 1. The van der Waals surface area contributed by atoms with Gasteiger partial charge in [0.2, 0.25) is 11.8 Å². The molecule has 0 bridgehead atoms. The Balaban J connectivity index is 2.56. The van der Waals surface area contributed by atoms with Crippen molar-refractivity contribution in [3.05, 3.63) is 0 Å². The van der Waals surface area contributed by atoms with E-state index in [9.17, 15) is 19.5 Å². The molecule has 1 rings (SSSR count). The molecule has 3 atom stereocenters. The lowest BCUT2D eigenvalue weighted by Crippen LogP contribution is -2.52. The molecule has 1 aliphatic rings. The van der Waals surface area contributed by atoms with Crippen molar-refractivity contribution in [3.63, 3.8) is 0 Å². The molecule has 0 aromatic heterocycles. The largest absolute Gasteiger partial charge is 0.465 e. The molecule has 0 aromatic carbocycles. The lowest BCUT2D eigenvalue weighted by molar-refractivity contribution is -0.131. The molecule has 1 heterocycles. The van der Waals surface area contributed by atoms with Crippen molar-refractivity contribution in [1.82, 2.24) is 10.2 Å². The average Bonchev–Trinajstić information content (AvgIpc) is 2.73. The fourth-order valence-corrected chi connectivity index (χ4v) is 1.85. The summed E-state index contributed by atoms with van der Waals surface area (Å²) >= 11 is 0. The first-order valence-corrected chi connectivity index (χ1v) is 5.58. The molecule has 1 fully saturated rings. The topological polar surface area (TPSA) is 133 Å². The van der Waals surface area contributed by atoms with E-state index in [0.717, 1.165) is 4.90 Å². The van der Waals surface area contributed by atoms with E-state index in [2.05, 4.69) is 5.32 Å². The van der Waals surface area contributed by atoms with Crippen LogP contribution in [0.3, 0.4) is 0 Å². The minimum atomic E-state index is -1.16. The van der Waals surface area contributed by atoms with Crippen LogP contribution in [-0.4, -0.2) is 58.3 Å². The SMILES string of the molecule is C[C@@H](O)[C@H](NC(=O)[C@@H]1CCN(C(=O)O)C1)C(N)=O. The molecule has 18 heavy (non-hydrogen) atoms. The van der Waals surface area contributed by atoms with Crippen molar-refractivity contribution < 1.29 is 24.6 Å². The van der Waals surface area contributed by atoms with E-state index in [1.807, 2.05) is 0 Å². The normalized spacial score (nSPS) is 22.3. The zero-order valence-electron chi connectivity index (χ0n) is 10.00. The van der Waals surface area contributed by atoms with Gasteiger partial charge in [-0.15, -0.1) is 0 Å². The van der Waals surface area contributed by atoms with E-state index in [0.29, 0.717) is 6.42 Å². The second-order valence-corrected chi connectivity index (χ2v) is 4.34. The Bertz CT molecular complexity index is 357. The average molecular weight is 259 g/mol. The highest BCUT2D eigenvalue weighted by Gasteiger charge is 2.33. The Morgan fingerprint density at radius 3 is 2.44 bits per heavy atom. The van der Waals surface area contributed by atoms with Gasteiger partial charge in [0, 0.05) is 13.1 Å². The maximum Gasteiger partial charge on any atom is 0.407 e. The molecule has 3 amide bonds. The van der Waals surface area contributed by atoms with Gasteiger partial charge in [-0.2, -0.15) is 0 Å². The Morgan fingerprint density at radius 1 is 1.44 bits per heavy atom. The summed E-state index contributed by atoms with van der Waals surface area (Å²) in [5.41, 5.74) is 5.04. The van der Waals surface area contributed by atoms with E-state index in [1.165, 1.54) is 6.92 Å². The molecule has 8 nitrogen and oxygen atoms in total. The predicted molar refractivity (Wildman–Crippen MR) is 60.5 cm³/mol. The molecule has 0 unspecified atom stereocenters. The summed E-state index contributed by atoms with van der Waals surface area (Å²) in [6, 6.07) is -1.16. The maximum atomic E-state index is 11.8. The van der Waals surface area contributed by atoms with Gasteiger partial charge >= 0.3 is 6.09 Å². The van der Waals surface area contributed by atoms with Crippen LogP contribution in [0.25, 0.3) is 0 Å². The highest BCUT2D eigenvalue weighted by molar-refractivity contribution is 5.88. The number of carbonyl (C=O) groups excluding carboxylic acids is 2. The van der Waals surface area contributed by atoms with Crippen molar-refractivity contribution in [2.45, 2.75) is 25.5 Å². The fourth-order valence-electron chi connectivity index (χ4n) is 1.85. The number of likely N-dealkylation sites (tertiary alicyclic amines) is 1. The molecule has 0 saturated carbocycles. The summed E-state index contributed by atoms with van der Waals surface area (Å²) in [7, 11) is 0. The second-order valence-electron chi connectivity index (χ2n) is 4.34. The van der Waals surface area contributed by atoms with Gasteiger partial charge in [0.05, 0.1) is 12.0 Å². The third-order valence-electron chi connectivity index (χ3n) is 2.92. The smallest absolute Gasteiger partial charge is 0.407 e. The Hall–Kier alpha value is -1.83. The van der Waals surface area contributed by atoms with E-state index < -0.39 is 36.0 Å². The highest BCUT2D eigenvalue weighted by Crippen LogP contribution is 2.16. The number of amides is 3. The van der Waals surface area contributed by atoms with E-state index >= 15 is 0 Å². The van der Waals surface area contributed by atoms with Crippen LogP contribution in [0.4, 0.5) is 4.79 Å². The molecular weight excluding hydrogens is 242 g/mol. The molecule has 0 aliphatic carbocycles. The first-order valence-electron chi connectivity index (χ1n) is 5.58. The van der Waals surface area contributed by atoms with Crippen LogP contribution in [0.2, 0.25) is 0 Å². The zero-order valence-corrected chi connectivity index (χ0v) is 10.00. The van der Waals surface area contributed by atoms with Crippen molar-refractivity contribution in [3.8, 4) is 0 Å². The van der Waals surface area contributed by atoms with Crippen LogP contribution in [-0.2, 0) is 9.59 Å². The van der Waals surface area contributed by atoms with E-state index in [1.54, 1.807) is 0 Å². The lowest BCUT2D eigenvalue weighted by Gasteiger charge is -2.20. The monoisotopic (exact) mass is 259 g/mol. The van der Waals surface area contributed by atoms with Gasteiger partial charge in [0.15, 0.2) is 0 Å². The van der Waals surface area contributed by atoms with Crippen LogP contribution in [0.5, 0.6) is 0 Å². The van der Waals surface area contributed by atoms with Gasteiger partial charge in [-0.25, -0.2) is 4.79 Å². The minimum absolute atomic E-state index is 0.0897. The third-order valence-corrected chi connectivity index (χ3v) is 2.92. The van der Waals surface area contributed by atoms with Crippen molar-refractivity contribution in [1.29, 1.82) is 0 Å². The maximum absolute atomic E-state index is 11.8. The molecule has 5 N–H and O–H groups in total. The molecule has 0 aromatic rings. The number of nitrogens with two attached hydrogens (primary N) is 1. The van der Waals surface area contributed by atoms with Gasteiger partial charge in [-0.1, -0.05) is 0 Å². The molecule has 102 valence electrons. The van der Waals surface area contributed by atoms with Gasteiger partial charge in [0.1, 0.15) is 6.04 Å². The summed E-state index contributed by atoms with van der Waals surface area (Å²) in [5, 5.41) is 20.4. The van der Waals surface area contributed by atoms with Crippen LogP contribution in [0, 0.1) is 5.92 Å². The number of hydrogen-bond acceptors (Lipinski definition) is 4. The molecular formula is C10H17N3O5. The first kappa shape index (κ1) is 14.2. The Labute approximate surface area is 104 Å². The van der Waals surface area contributed by atoms with Crippen molar-refractivity contribution in [2.24, 2.45) is 11.7 Å². The van der Waals surface area contributed by atoms with Gasteiger partial charge < -0.3 is 26.2 Å². The van der Waals surface area contributed by atoms with Crippen molar-refractivity contribution in [2.75, 3.05) is 13.1 Å². The quantitative estimate of drug-likeness (QED) is 0.479. The van der Waals surface area contributed by atoms with Crippen LogP contribution >= 0.6 is 0 Å². The molecule has 0 radical (unpaired) electrons. The lowest BCUT2D eigenvalue weighted by atomic mass is 10.1. The number of carbonyl (C=O) groups is 3. The van der Waals surface area contributed by atoms with Crippen LogP contribution < -0.4 is 11.1 Å². The summed E-state index contributed by atoms with van der Waals surface area (Å²) in [6.45, 7) is 1.71. The summed E-state index contributed by atoms with van der Waals surface area (Å²) < 4.78 is 0. The number of carboxylic acid groups (broad SMARTS) is 1. The summed E-state index contributed by atoms with van der Waals surface area (Å²) in [5.74, 6) is -1.81. The number of aliphatic hydroxyl groups is 1. The number of aliphatic hydroxyl groups excluding tert-OH is 1. The van der Waals surface area contributed by atoms with Crippen LogP contribution in [0.1, 0.15) is 13.3 Å². The Morgan fingerprint density at radius 2 is 2.06 bits per heavy atom. The number of nitrogens with one attached hydrogen (secondary N) is 1. The summed E-state index contributed by atoms with van der Waals surface area (Å²) in [6.07, 6.45) is -1.78. The van der Waals surface area contributed by atoms with E-state index in [4.69, 9.17) is 10.8 Å². The highest BCUT2D eigenvalue weighted by atomic mass is 16.4. The molecule has 1 saturated heterocycles. The third kappa shape index (κ3) is 3.33. The van der Waals surface area contributed by atoms with Gasteiger partial charge in [-0.3, -0.25) is 9.59 Å². The predicted octanol–water partition coefficient (Wildman–Crippen LogP) is -1.66.